The second-order valence-corrected chi connectivity index (χ2v) is 11.2. The van der Waals surface area contributed by atoms with Crippen LogP contribution in [0.25, 0.3) is 0 Å². The zero-order valence-corrected chi connectivity index (χ0v) is 23.1. The number of rotatable bonds is 21. The average Bonchev–Trinajstić information content (AvgIpc) is 2.79. The molecule has 0 saturated carbocycles. The van der Waals surface area contributed by atoms with E-state index in [0.717, 1.165) is 19.3 Å². The van der Waals surface area contributed by atoms with Gasteiger partial charge in [-0.25, -0.2) is 0 Å². The van der Waals surface area contributed by atoms with Crippen LogP contribution < -0.4 is 5.32 Å². The number of thioether (sulfide) groups is 1. The second-order valence-electron chi connectivity index (χ2n) is 9.84. The molecular weight excluding hydrogens is 416 g/mol. The smallest absolute Gasteiger partial charge is 0.239 e. The van der Waals surface area contributed by atoms with Gasteiger partial charge in [-0.3, -0.25) is 9.59 Å². The molecule has 0 spiro atoms. The number of hydrogen-bond acceptors (Lipinski definition) is 3. The molecule has 0 aliphatic carbocycles. The summed E-state index contributed by atoms with van der Waals surface area (Å²) in [6, 6.07) is 0. The van der Waals surface area contributed by atoms with E-state index in [9.17, 15) is 9.59 Å². The van der Waals surface area contributed by atoms with Crippen LogP contribution in [0.2, 0.25) is 0 Å². The minimum Gasteiger partial charge on any atom is -0.354 e. The van der Waals surface area contributed by atoms with Gasteiger partial charge in [0.25, 0.3) is 0 Å². The third-order valence-electron chi connectivity index (χ3n) is 6.68. The normalized spacial score (nSPS) is 14.1. The molecule has 2 atom stereocenters. The van der Waals surface area contributed by atoms with E-state index in [0.29, 0.717) is 6.54 Å². The molecule has 0 radical (unpaired) electrons. The van der Waals surface area contributed by atoms with Crippen molar-refractivity contribution in [3.05, 3.63) is 0 Å². The van der Waals surface area contributed by atoms with Crippen LogP contribution in [0, 0.1) is 5.92 Å². The molecule has 0 heterocycles. The first-order chi connectivity index (χ1) is 15.3. The first kappa shape index (κ1) is 31.3. The SMILES string of the molecule is CCCCCCCCCCCCCCCCC(CC)C(=O)NCC(C)(SC)C(=O)N(C)C. The molecule has 0 aromatic carbocycles. The van der Waals surface area contributed by atoms with Gasteiger partial charge in [0.15, 0.2) is 0 Å². The van der Waals surface area contributed by atoms with E-state index in [1.165, 1.54) is 95.2 Å². The molecule has 32 heavy (non-hydrogen) atoms. The monoisotopic (exact) mass is 470 g/mol. The zero-order chi connectivity index (χ0) is 24.2. The lowest BCUT2D eigenvalue weighted by atomic mass is 9.96. The van der Waals surface area contributed by atoms with E-state index in [4.69, 9.17) is 0 Å². The summed E-state index contributed by atoms with van der Waals surface area (Å²) in [5.74, 6) is 0.215. The van der Waals surface area contributed by atoms with Crippen molar-refractivity contribution in [3.8, 4) is 0 Å². The molecule has 0 aromatic heterocycles. The van der Waals surface area contributed by atoms with Crippen LogP contribution in [-0.2, 0) is 9.59 Å². The molecule has 0 saturated heterocycles. The van der Waals surface area contributed by atoms with Gasteiger partial charge in [0, 0.05) is 26.6 Å². The number of amides is 2. The molecule has 4 nitrogen and oxygen atoms in total. The summed E-state index contributed by atoms with van der Waals surface area (Å²) in [5.41, 5.74) is 0. The predicted octanol–water partition coefficient (Wildman–Crippen LogP) is 7.21. The Kier molecular flexibility index (Phi) is 19.3. The van der Waals surface area contributed by atoms with Crippen LogP contribution in [0.5, 0.6) is 0 Å². The van der Waals surface area contributed by atoms with Crippen molar-refractivity contribution in [1.82, 2.24) is 10.2 Å². The van der Waals surface area contributed by atoms with Crippen molar-refractivity contribution >= 4 is 23.6 Å². The maximum atomic E-state index is 12.6. The number of hydrogen-bond donors (Lipinski definition) is 1. The van der Waals surface area contributed by atoms with Gasteiger partial charge in [-0.1, -0.05) is 104 Å². The van der Waals surface area contributed by atoms with E-state index < -0.39 is 4.75 Å². The first-order valence-electron chi connectivity index (χ1n) is 13.4. The maximum absolute atomic E-state index is 12.6. The van der Waals surface area contributed by atoms with Crippen molar-refractivity contribution in [2.24, 2.45) is 5.92 Å². The Morgan fingerprint density at radius 3 is 1.62 bits per heavy atom. The van der Waals surface area contributed by atoms with Crippen LogP contribution in [0.4, 0.5) is 0 Å². The maximum Gasteiger partial charge on any atom is 0.239 e. The zero-order valence-electron chi connectivity index (χ0n) is 22.3. The number of nitrogens with zero attached hydrogens (tertiary/aromatic N) is 1. The summed E-state index contributed by atoms with van der Waals surface area (Å²) < 4.78 is -0.605. The minimum atomic E-state index is -0.605. The molecule has 0 fully saturated rings. The van der Waals surface area contributed by atoms with Crippen LogP contribution in [0.15, 0.2) is 0 Å². The fraction of sp³-hybridized carbons (Fsp3) is 0.926. The Morgan fingerprint density at radius 2 is 1.25 bits per heavy atom. The molecule has 5 heteroatoms. The first-order valence-corrected chi connectivity index (χ1v) is 14.6. The highest BCUT2D eigenvalue weighted by Crippen LogP contribution is 2.24. The van der Waals surface area contributed by atoms with Crippen molar-refractivity contribution in [1.29, 1.82) is 0 Å². The molecule has 2 amide bonds. The molecule has 0 aromatic rings. The van der Waals surface area contributed by atoms with Gasteiger partial charge in [0.05, 0.1) is 0 Å². The van der Waals surface area contributed by atoms with Gasteiger partial charge in [-0.15, -0.1) is 11.8 Å². The van der Waals surface area contributed by atoms with Crippen molar-refractivity contribution in [2.75, 3.05) is 26.9 Å². The Hall–Kier alpha value is -0.710. The number of carbonyl (C=O) groups excluding carboxylic acids is 2. The van der Waals surface area contributed by atoms with Crippen molar-refractivity contribution in [3.63, 3.8) is 0 Å². The molecular formula is C27H54N2O2S. The third-order valence-corrected chi connectivity index (χ3v) is 7.90. The second kappa shape index (κ2) is 19.7. The van der Waals surface area contributed by atoms with E-state index in [2.05, 4.69) is 19.2 Å². The summed E-state index contributed by atoms with van der Waals surface area (Å²) >= 11 is 1.50. The summed E-state index contributed by atoms with van der Waals surface area (Å²) in [6.07, 6.45) is 22.7. The fourth-order valence-electron chi connectivity index (χ4n) is 4.21. The third kappa shape index (κ3) is 14.4. The lowest BCUT2D eigenvalue weighted by Gasteiger charge is -2.30. The highest BCUT2D eigenvalue weighted by atomic mass is 32.2. The van der Waals surface area contributed by atoms with Crippen LogP contribution in [-0.4, -0.2) is 48.4 Å². The lowest BCUT2D eigenvalue weighted by molar-refractivity contribution is -0.131. The molecule has 190 valence electrons. The van der Waals surface area contributed by atoms with E-state index in [1.807, 2.05) is 13.2 Å². The highest BCUT2D eigenvalue weighted by Gasteiger charge is 2.34. The van der Waals surface area contributed by atoms with Crippen molar-refractivity contribution in [2.45, 2.75) is 128 Å². The number of carbonyl (C=O) groups is 2. The van der Waals surface area contributed by atoms with Crippen LogP contribution in [0.3, 0.4) is 0 Å². The predicted molar refractivity (Wildman–Crippen MR) is 142 cm³/mol. The molecule has 0 aliphatic heterocycles. The average molecular weight is 471 g/mol. The highest BCUT2D eigenvalue weighted by molar-refractivity contribution is 8.00. The van der Waals surface area contributed by atoms with Gasteiger partial charge in [-0.2, -0.15) is 0 Å². The van der Waals surface area contributed by atoms with Crippen LogP contribution in [0.1, 0.15) is 124 Å². The molecule has 0 bridgehead atoms. The summed E-state index contributed by atoms with van der Waals surface area (Å²) in [7, 11) is 3.53. The van der Waals surface area contributed by atoms with E-state index in [1.54, 1.807) is 19.0 Å². The van der Waals surface area contributed by atoms with Gasteiger partial charge in [0.2, 0.25) is 11.8 Å². The fourth-order valence-corrected chi connectivity index (χ4v) is 4.79. The largest absolute Gasteiger partial charge is 0.354 e. The lowest BCUT2D eigenvalue weighted by Crippen LogP contribution is -2.50. The molecule has 2 unspecified atom stereocenters. The van der Waals surface area contributed by atoms with E-state index in [-0.39, 0.29) is 17.7 Å². The van der Waals surface area contributed by atoms with Gasteiger partial charge in [-0.05, 0) is 26.0 Å². The minimum absolute atomic E-state index is 0.0466. The Morgan fingerprint density at radius 1 is 0.812 bits per heavy atom. The Labute approximate surface area is 204 Å². The standard InChI is InChI=1S/C27H54N2O2S/c1-7-9-10-11-12-13-14-15-16-17-18-19-20-21-22-24(8-2)25(30)28-23-27(3,32-6)26(31)29(4)5/h24H,7-23H2,1-6H3,(H,28,30). The van der Waals surface area contributed by atoms with Gasteiger partial charge >= 0.3 is 0 Å². The number of nitrogens with one attached hydrogen (secondary N) is 1. The molecule has 1 N–H and O–H groups in total. The number of unbranched alkanes of at least 4 members (excludes halogenated alkanes) is 13. The Balaban J connectivity index is 3.84. The molecule has 0 rings (SSSR count). The van der Waals surface area contributed by atoms with Gasteiger partial charge < -0.3 is 10.2 Å². The summed E-state index contributed by atoms with van der Waals surface area (Å²) in [5, 5.41) is 3.05. The Bertz CT molecular complexity index is 484. The van der Waals surface area contributed by atoms with Gasteiger partial charge in [0.1, 0.15) is 4.75 Å². The molecule has 0 aliphatic rings. The summed E-state index contributed by atoms with van der Waals surface area (Å²) in [4.78, 5) is 26.7. The topological polar surface area (TPSA) is 49.4 Å². The van der Waals surface area contributed by atoms with Crippen molar-refractivity contribution < 1.29 is 9.59 Å². The van der Waals surface area contributed by atoms with Crippen LogP contribution >= 0.6 is 11.8 Å². The van der Waals surface area contributed by atoms with E-state index >= 15 is 0 Å². The summed E-state index contributed by atoms with van der Waals surface area (Å²) in [6.45, 7) is 6.67. The quantitative estimate of drug-likeness (QED) is 0.180.